The second kappa shape index (κ2) is 7.59. The van der Waals surface area contributed by atoms with Crippen LogP contribution >= 0.6 is 23.2 Å². The number of anilines is 1. The van der Waals surface area contributed by atoms with E-state index in [1.807, 2.05) is 4.90 Å². The van der Waals surface area contributed by atoms with Gasteiger partial charge in [-0.1, -0.05) is 29.3 Å². The van der Waals surface area contributed by atoms with Gasteiger partial charge < -0.3 is 14.4 Å². The van der Waals surface area contributed by atoms with Gasteiger partial charge in [-0.2, -0.15) is 0 Å². The molecule has 1 rings (SSSR count). The van der Waals surface area contributed by atoms with E-state index in [-0.39, 0.29) is 11.4 Å². The van der Waals surface area contributed by atoms with Gasteiger partial charge in [-0.05, 0) is 6.07 Å². The van der Waals surface area contributed by atoms with Crippen LogP contribution in [0.3, 0.4) is 0 Å². The molecule has 0 N–H and O–H groups in total. The number of aromatic nitrogens is 1. The fraction of sp³-hybridized carbons (Fsp3) is 0.417. The lowest BCUT2D eigenvalue weighted by molar-refractivity contribution is -0.0947. The first-order valence-electron chi connectivity index (χ1n) is 5.34. The lowest BCUT2D eigenvalue weighted by Crippen LogP contribution is -2.34. The van der Waals surface area contributed by atoms with Gasteiger partial charge in [-0.15, -0.1) is 6.58 Å². The number of methoxy groups -OCH3 is 2. The van der Waals surface area contributed by atoms with Crippen LogP contribution in [0.1, 0.15) is 0 Å². The van der Waals surface area contributed by atoms with E-state index < -0.39 is 0 Å². The number of ether oxygens (including phenoxy) is 2. The third kappa shape index (κ3) is 4.14. The lowest BCUT2D eigenvalue weighted by atomic mass is 10.3. The van der Waals surface area contributed by atoms with Crippen LogP contribution in [0.25, 0.3) is 0 Å². The Hall–Kier alpha value is -0.810. The van der Waals surface area contributed by atoms with E-state index in [4.69, 9.17) is 32.7 Å². The third-order valence-electron chi connectivity index (χ3n) is 2.39. The molecule has 0 radical (unpaired) electrons. The molecule has 0 aliphatic carbocycles. The summed E-state index contributed by atoms with van der Waals surface area (Å²) in [6.45, 7) is 4.89. The van der Waals surface area contributed by atoms with Crippen molar-refractivity contribution in [1.29, 1.82) is 0 Å². The Bertz CT molecular complexity index is 398. The van der Waals surface area contributed by atoms with Crippen molar-refractivity contribution in [3.8, 4) is 0 Å². The van der Waals surface area contributed by atoms with Crippen molar-refractivity contribution in [3.63, 3.8) is 0 Å². The van der Waals surface area contributed by atoms with Crippen molar-refractivity contribution < 1.29 is 9.47 Å². The van der Waals surface area contributed by atoms with Gasteiger partial charge in [0.2, 0.25) is 0 Å². The fourth-order valence-corrected chi connectivity index (χ4v) is 1.71. The summed E-state index contributed by atoms with van der Waals surface area (Å²) < 4.78 is 10.3. The molecular formula is C12H16Cl2N2O2. The van der Waals surface area contributed by atoms with Gasteiger partial charge in [0.15, 0.2) is 6.29 Å². The summed E-state index contributed by atoms with van der Waals surface area (Å²) in [5, 5.41) is 0.698. The average Bonchev–Trinajstić information content (AvgIpc) is 2.38. The van der Waals surface area contributed by atoms with Crippen molar-refractivity contribution in [2.75, 3.05) is 32.2 Å². The molecule has 18 heavy (non-hydrogen) atoms. The van der Waals surface area contributed by atoms with Gasteiger partial charge in [0.25, 0.3) is 0 Å². The molecule has 1 aromatic heterocycles. The summed E-state index contributed by atoms with van der Waals surface area (Å²) in [5.41, 5.74) is 0.836. The molecule has 0 unspecified atom stereocenters. The van der Waals surface area contributed by atoms with E-state index in [9.17, 15) is 0 Å². The van der Waals surface area contributed by atoms with Crippen LogP contribution in [-0.2, 0) is 9.47 Å². The molecule has 0 saturated heterocycles. The normalized spacial score (nSPS) is 10.7. The van der Waals surface area contributed by atoms with Gasteiger partial charge in [0.1, 0.15) is 5.15 Å². The van der Waals surface area contributed by atoms with Gasteiger partial charge in [0, 0.05) is 20.8 Å². The monoisotopic (exact) mass is 290 g/mol. The lowest BCUT2D eigenvalue weighted by Gasteiger charge is -2.26. The Balaban J connectivity index is 2.88. The number of halogens is 2. The van der Waals surface area contributed by atoms with Crippen LogP contribution in [0.5, 0.6) is 0 Å². The Morgan fingerprint density at radius 3 is 2.61 bits per heavy atom. The maximum absolute atomic E-state index is 5.95. The molecule has 0 atom stereocenters. The number of hydrogen-bond acceptors (Lipinski definition) is 4. The Labute approximate surface area is 117 Å². The van der Waals surface area contributed by atoms with E-state index in [2.05, 4.69) is 11.6 Å². The quantitative estimate of drug-likeness (QED) is 0.439. The Kier molecular flexibility index (Phi) is 6.43. The first-order chi connectivity index (χ1) is 8.62. The maximum atomic E-state index is 5.95. The SMILES string of the molecule is C=CCN(CC(OC)OC)c1cnc(Cl)c(Cl)c1. The van der Waals surface area contributed by atoms with Gasteiger partial charge in [-0.25, -0.2) is 4.98 Å². The summed E-state index contributed by atoms with van der Waals surface area (Å²) in [5.74, 6) is 0. The minimum Gasteiger partial charge on any atom is -0.361 e. The third-order valence-corrected chi connectivity index (χ3v) is 3.08. The van der Waals surface area contributed by atoms with Gasteiger partial charge >= 0.3 is 0 Å². The Morgan fingerprint density at radius 2 is 2.11 bits per heavy atom. The minimum absolute atomic E-state index is 0.286. The van der Waals surface area contributed by atoms with Crippen LogP contribution in [0.4, 0.5) is 5.69 Å². The number of rotatable bonds is 7. The van der Waals surface area contributed by atoms with Crippen molar-refractivity contribution in [2.24, 2.45) is 0 Å². The zero-order chi connectivity index (χ0) is 13.5. The molecule has 4 nitrogen and oxygen atoms in total. The minimum atomic E-state index is -0.334. The van der Waals surface area contributed by atoms with Crippen LogP contribution in [0, 0.1) is 0 Å². The summed E-state index contributed by atoms with van der Waals surface area (Å²) in [7, 11) is 3.18. The molecule has 0 amide bonds. The number of pyridine rings is 1. The second-order valence-electron chi connectivity index (χ2n) is 3.56. The molecule has 1 aromatic rings. The van der Waals surface area contributed by atoms with E-state index in [1.165, 1.54) is 0 Å². The van der Waals surface area contributed by atoms with Crippen LogP contribution in [-0.4, -0.2) is 38.6 Å². The maximum Gasteiger partial charge on any atom is 0.174 e. The van der Waals surface area contributed by atoms with Crippen molar-refractivity contribution >= 4 is 28.9 Å². The van der Waals surface area contributed by atoms with E-state index in [0.717, 1.165) is 5.69 Å². The highest BCUT2D eigenvalue weighted by molar-refractivity contribution is 6.41. The highest BCUT2D eigenvalue weighted by Crippen LogP contribution is 2.25. The van der Waals surface area contributed by atoms with Crippen LogP contribution in [0.2, 0.25) is 10.2 Å². The summed E-state index contributed by atoms with van der Waals surface area (Å²) in [6, 6.07) is 1.75. The second-order valence-corrected chi connectivity index (χ2v) is 4.33. The van der Waals surface area contributed by atoms with E-state index >= 15 is 0 Å². The molecule has 0 saturated carbocycles. The topological polar surface area (TPSA) is 34.6 Å². The standard InChI is InChI=1S/C12H16Cl2N2O2/c1-4-5-16(8-11(17-2)18-3)9-6-10(13)12(14)15-7-9/h4,6-7,11H,1,5,8H2,2-3H3. The zero-order valence-electron chi connectivity index (χ0n) is 10.4. The van der Waals surface area contributed by atoms with Gasteiger partial charge in [-0.3, -0.25) is 0 Å². The molecule has 0 aliphatic rings. The predicted molar refractivity (Wildman–Crippen MR) is 74.5 cm³/mol. The van der Waals surface area contributed by atoms with Crippen molar-refractivity contribution in [1.82, 2.24) is 4.98 Å². The largest absolute Gasteiger partial charge is 0.361 e. The first kappa shape index (κ1) is 15.2. The molecule has 0 fully saturated rings. The Morgan fingerprint density at radius 1 is 1.44 bits per heavy atom. The van der Waals surface area contributed by atoms with Gasteiger partial charge in [0.05, 0.1) is 23.5 Å². The van der Waals surface area contributed by atoms with E-state index in [0.29, 0.717) is 18.1 Å². The highest BCUT2D eigenvalue weighted by Gasteiger charge is 2.14. The van der Waals surface area contributed by atoms with Crippen LogP contribution < -0.4 is 4.90 Å². The molecular weight excluding hydrogens is 275 g/mol. The predicted octanol–water partition coefficient (Wildman–Crippen LogP) is 3.00. The molecule has 100 valence electrons. The highest BCUT2D eigenvalue weighted by atomic mass is 35.5. The average molecular weight is 291 g/mol. The zero-order valence-corrected chi connectivity index (χ0v) is 11.9. The fourth-order valence-electron chi connectivity index (χ4n) is 1.45. The molecule has 0 bridgehead atoms. The summed E-state index contributed by atoms with van der Waals surface area (Å²) in [6.07, 6.45) is 3.10. The molecule has 6 heteroatoms. The smallest absolute Gasteiger partial charge is 0.174 e. The van der Waals surface area contributed by atoms with Crippen LogP contribution in [0.15, 0.2) is 24.9 Å². The van der Waals surface area contributed by atoms with Crippen molar-refractivity contribution in [2.45, 2.75) is 6.29 Å². The van der Waals surface area contributed by atoms with Crippen molar-refractivity contribution in [3.05, 3.63) is 35.1 Å². The molecule has 1 heterocycles. The van der Waals surface area contributed by atoms with E-state index in [1.54, 1.807) is 32.6 Å². The molecule has 0 spiro atoms. The number of hydrogen-bond donors (Lipinski definition) is 0. The first-order valence-corrected chi connectivity index (χ1v) is 6.10. The summed E-state index contributed by atoms with van der Waals surface area (Å²) >= 11 is 11.7. The summed E-state index contributed by atoms with van der Waals surface area (Å²) in [4.78, 5) is 6.00. The molecule has 0 aromatic carbocycles. The molecule has 0 aliphatic heterocycles. The number of nitrogens with zero attached hydrogens (tertiary/aromatic N) is 2.